The Bertz CT molecular complexity index is 1120. The van der Waals surface area contributed by atoms with E-state index in [0.29, 0.717) is 43.5 Å². The smallest absolute Gasteiger partial charge is 0.243 e. The molecule has 0 radical (unpaired) electrons. The summed E-state index contributed by atoms with van der Waals surface area (Å²) in [5.74, 6) is -1.32. The van der Waals surface area contributed by atoms with Crippen molar-refractivity contribution in [2.45, 2.75) is 31.2 Å². The standard InChI is InChI=1S/C22H24F2N2O5S/c1-2-25(13-15-3-6-20-21(11-15)31-14-30-20)22(27)16-7-9-26(10-8-16)32(28,29)17-4-5-18(23)19(24)12-17/h3-6,11-12,16H,2,7-10,13-14H2,1H3. The van der Waals surface area contributed by atoms with Crippen LogP contribution in [0.15, 0.2) is 41.3 Å². The van der Waals surface area contributed by atoms with E-state index < -0.39 is 21.7 Å². The second kappa shape index (κ2) is 9.03. The van der Waals surface area contributed by atoms with Gasteiger partial charge in [0, 0.05) is 32.1 Å². The minimum Gasteiger partial charge on any atom is -0.454 e. The van der Waals surface area contributed by atoms with Gasteiger partial charge in [0.25, 0.3) is 0 Å². The fraction of sp³-hybridized carbons (Fsp3) is 0.409. The highest BCUT2D eigenvalue weighted by molar-refractivity contribution is 7.89. The van der Waals surface area contributed by atoms with E-state index in [4.69, 9.17) is 9.47 Å². The van der Waals surface area contributed by atoms with Gasteiger partial charge in [-0.05, 0) is 55.7 Å². The summed E-state index contributed by atoms with van der Waals surface area (Å²) in [5.41, 5.74) is 0.919. The zero-order chi connectivity index (χ0) is 22.9. The van der Waals surface area contributed by atoms with E-state index in [9.17, 15) is 22.0 Å². The van der Waals surface area contributed by atoms with E-state index in [0.717, 1.165) is 17.7 Å². The van der Waals surface area contributed by atoms with Crippen LogP contribution in [0, 0.1) is 17.6 Å². The van der Waals surface area contributed by atoms with Gasteiger partial charge >= 0.3 is 0 Å². The molecule has 0 aliphatic carbocycles. The van der Waals surface area contributed by atoms with Crippen molar-refractivity contribution in [2.24, 2.45) is 5.92 Å². The number of sulfonamides is 1. The molecule has 0 spiro atoms. The lowest BCUT2D eigenvalue weighted by Crippen LogP contribution is -2.44. The number of carbonyl (C=O) groups excluding carboxylic acids is 1. The summed E-state index contributed by atoms with van der Waals surface area (Å²) < 4.78 is 64.1. The highest BCUT2D eigenvalue weighted by Crippen LogP contribution is 2.33. The Labute approximate surface area is 185 Å². The Balaban J connectivity index is 1.39. The van der Waals surface area contributed by atoms with Gasteiger partial charge in [-0.3, -0.25) is 4.79 Å². The number of amides is 1. The van der Waals surface area contributed by atoms with Gasteiger partial charge in [0.1, 0.15) is 0 Å². The van der Waals surface area contributed by atoms with Crippen LogP contribution < -0.4 is 9.47 Å². The number of halogens is 2. The summed E-state index contributed by atoms with van der Waals surface area (Å²) in [7, 11) is -3.95. The number of nitrogens with zero attached hydrogens (tertiary/aromatic N) is 2. The minimum absolute atomic E-state index is 0.0324. The molecule has 10 heteroatoms. The molecule has 0 aromatic heterocycles. The molecule has 0 N–H and O–H groups in total. The van der Waals surface area contributed by atoms with Crippen LogP contribution in [0.25, 0.3) is 0 Å². The molecular weight excluding hydrogens is 442 g/mol. The number of benzene rings is 2. The molecule has 172 valence electrons. The third-order valence-corrected chi connectivity index (χ3v) is 7.73. The van der Waals surface area contributed by atoms with Crippen LogP contribution in [0.4, 0.5) is 8.78 Å². The van der Waals surface area contributed by atoms with E-state index in [1.165, 1.54) is 4.31 Å². The maximum Gasteiger partial charge on any atom is 0.243 e. The fourth-order valence-electron chi connectivity index (χ4n) is 3.99. The number of rotatable bonds is 6. The Morgan fingerprint density at radius 2 is 1.78 bits per heavy atom. The predicted molar refractivity (Wildman–Crippen MR) is 111 cm³/mol. The van der Waals surface area contributed by atoms with Crippen LogP contribution in [0.2, 0.25) is 0 Å². The average molecular weight is 467 g/mol. The number of piperidine rings is 1. The molecule has 32 heavy (non-hydrogen) atoms. The lowest BCUT2D eigenvalue weighted by atomic mass is 9.96. The summed E-state index contributed by atoms with van der Waals surface area (Å²) in [4.78, 5) is 14.5. The maximum absolute atomic E-state index is 13.5. The Morgan fingerprint density at radius 1 is 1.06 bits per heavy atom. The third-order valence-electron chi connectivity index (χ3n) is 5.84. The van der Waals surface area contributed by atoms with Crippen LogP contribution in [0.3, 0.4) is 0 Å². The second-order valence-corrected chi connectivity index (χ2v) is 9.73. The Kier molecular flexibility index (Phi) is 6.34. The average Bonchev–Trinajstić information content (AvgIpc) is 3.26. The zero-order valence-corrected chi connectivity index (χ0v) is 18.4. The molecule has 4 rings (SSSR count). The summed E-state index contributed by atoms with van der Waals surface area (Å²) in [6, 6.07) is 8.10. The van der Waals surface area contributed by atoms with Gasteiger partial charge in [0.15, 0.2) is 23.1 Å². The molecule has 1 saturated heterocycles. The molecule has 0 bridgehead atoms. The maximum atomic E-state index is 13.5. The highest BCUT2D eigenvalue weighted by atomic mass is 32.2. The predicted octanol–water partition coefficient (Wildman–Crippen LogP) is 3.14. The number of hydrogen-bond donors (Lipinski definition) is 0. The SMILES string of the molecule is CCN(Cc1ccc2c(c1)OCO2)C(=O)C1CCN(S(=O)(=O)c2ccc(F)c(F)c2)CC1. The van der Waals surface area contributed by atoms with Gasteiger partial charge in [-0.15, -0.1) is 0 Å². The Morgan fingerprint density at radius 3 is 2.47 bits per heavy atom. The fourth-order valence-corrected chi connectivity index (χ4v) is 5.48. The van der Waals surface area contributed by atoms with Crippen molar-refractivity contribution >= 4 is 15.9 Å². The summed E-state index contributed by atoms with van der Waals surface area (Å²) in [5, 5.41) is 0. The number of hydrogen-bond acceptors (Lipinski definition) is 5. The summed E-state index contributed by atoms with van der Waals surface area (Å²) in [6.07, 6.45) is 0.721. The van der Waals surface area contributed by atoms with E-state index in [1.807, 2.05) is 25.1 Å². The molecule has 0 unspecified atom stereocenters. The van der Waals surface area contributed by atoms with Crippen molar-refractivity contribution in [3.8, 4) is 11.5 Å². The van der Waals surface area contributed by atoms with E-state index >= 15 is 0 Å². The van der Waals surface area contributed by atoms with Crippen molar-refractivity contribution < 1.29 is 31.5 Å². The molecule has 7 nitrogen and oxygen atoms in total. The number of fused-ring (bicyclic) bond motifs is 1. The molecule has 2 aromatic carbocycles. The lowest BCUT2D eigenvalue weighted by Gasteiger charge is -2.33. The monoisotopic (exact) mass is 466 g/mol. The van der Waals surface area contributed by atoms with E-state index in [-0.39, 0.29) is 36.6 Å². The van der Waals surface area contributed by atoms with E-state index in [1.54, 1.807) is 4.90 Å². The molecule has 0 saturated carbocycles. The van der Waals surface area contributed by atoms with Gasteiger partial charge in [-0.2, -0.15) is 4.31 Å². The topological polar surface area (TPSA) is 76.2 Å². The first kappa shape index (κ1) is 22.5. The van der Waals surface area contributed by atoms with Gasteiger partial charge in [0.2, 0.25) is 22.7 Å². The quantitative estimate of drug-likeness (QED) is 0.654. The van der Waals surface area contributed by atoms with Gasteiger partial charge in [0.05, 0.1) is 4.90 Å². The molecule has 1 fully saturated rings. The molecule has 1 amide bonds. The van der Waals surface area contributed by atoms with Crippen LogP contribution >= 0.6 is 0 Å². The van der Waals surface area contributed by atoms with Crippen molar-refractivity contribution in [3.63, 3.8) is 0 Å². The molecule has 2 heterocycles. The van der Waals surface area contributed by atoms with Crippen LogP contribution in [-0.4, -0.2) is 50.0 Å². The van der Waals surface area contributed by atoms with Crippen molar-refractivity contribution in [2.75, 3.05) is 26.4 Å². The van der Waals surface area contributed by atoms with Crippen LogP contribution in [0.5, 0.6) is 11.5 Å². The van der Waals surface area contributed by atoms with Crippen LogP contribution in [-0.2, 0) is 21.4 Å². The third kappa shape index (κ3) is 4.42. The highest BCUT2D eigenvalue weighted by Gasteiger charge is 2.34. The van der Waals surface area contributed by atoms with Crippen LogP contribution in [0.1, 0.15) is 25.3 Å². The second-order valence-electron chi connectivity index (χ2n) is 7.79. The first-order valence-corrected chi connectivity index (χ1v) is 11.9. The molecule has 0 atom stereocenters. The van der Waals surface area contributed by atoms with Gasteiger partial charge < -0.3 is 14.4 Å². The molecular formula is C22H24F2N2O5S. The first-order chi connectivity index (χ1) is 15.3. The van der Waals surface area contributed by atoms with Crippen molar-refractivity contribution in [3.05, 3.63) is 53.6 Å². The number of carbonyl (C=O) groups is 1. The lowest BCUT2D eigenvalue weighted by molar-refractivity contribution is -0.137. The van der Waals surface area contributed by atoms with Crippen molar-refractivity contribution in [1.82, 2.24) is 9.21 Å². The molecule has 2 aliphatic heterocycles. The summed E-state index contributed by atoms with van der Waals surface area (Å²) >= 11 is 0. The zero-order valence-electron chi connectivity index (χ0n) is 17.6. The first-order valence-electron chi connectivity index (χ1n) is 10.4. The number of ether oxygens (including phenoxy) is 2. The minimum atomic E-state index is -3.95. The normalized spacial score (nSPS) is 16.8. The molecule has 2 aromatic rings. The van der Waals surface area contributed by atoms with Gasteiger partial charge in [-0.25, -0.2) is 17.2 Å². The van der Waals surface area contributed by atoms with Crippen molar-refractivity contribution in [1.29, 1.82) is 0 Å². The molecule has 2 aliphatic rings. The van der Waals surface area contributed by atoms with Gasteiger partial charge in [-0.1, -0.05) is 6.07 Å². The largest absolute Gasteiger partial charge is 0.454 e. The summed E-state index contributed by atoms with van der Waals surface area (Å²) in [6.45, 7) is 3.29. The van der Waals surface area contributed by atoms with E-state index in [2.05, 4.69) is 0 Å². The Hall–Kier alpha value is -2.72.